The molecule has 0 amide bonds. The fraction of sp³-hybridized carbons (Fsp3) is 0.357. The van der Waals surface area contributed by atoms with Crippen molar-refractivity contribution < 1.29 is 0 Å². The van der Waals surface area contributed by atoms with Crippen molar-refractivity contribution in [2.24, 2.45) is 12.9 Å². The topological polar surface area (TPSA) is 55.9 Å². The molecule has 0 aliphatic carbocycles. The highest BCUT2D eigenvalue weighted by atomic mass is 79.9. The van der Waals surface area contributed by atoms with Gasteiger partial charge in [-0.3, -0.25) is 16.0 Å². The lowest BCUT2D eigenvalue weighted by atomic mass is 10.00. The number of aromatic nitrogens is 2. The largest absolute Gasteiger partial charge is 0.273 e. The molecule has 0 saturated carbocycles. The third-order valence-electron chi connectivity index (χ3n) is 3.34. The van der Waals surface area contributed by atoms with Gasteiger partial charge in [0.05, 0.1) is 0 Å². The van der Waals surface area contributed by atoms with Gasteiger partial charge in [0.1, 0.15) is 0 Å². The number of nitrogens with zero attached hydrogens (tertiary/aromatic N) is 2. The molecule has 1 unspecified atom stereocenters. The highest BCUT2D eigenvalue weighted by molar-refractivity contribution is 9.10. The summed E-state index contributed by atoms with van der Waals surface area (Å²) in [6, 6.07) is 8.49. The third kappa shape index (κ3) is 3.43. The molecule has 2 rings (SSSR count). The van der Waals surface area contributed by atoms with E-state index in [1.165, 1.54) is 16.8 Å². The molecule has 0 spiro atoms. The first-order chi connectivity index (χ1) is 9.11. The van der Waals surface area contributed by atoms with Crippen LogP contribution in [0.25, 0.3) is 0 Å². The normalized spacial score (nSPS) is 12.6. The summed E-state index contributed by atoms with van der Waals surface area (Å²) in [7, 11) is 1.96. The minimum Gasteiger partial charge on any atom is -0.273 e. The Balaban J connectivity index is 2.12. The average molecular weight is 323 g/mol. The van der Waals surface area contributed by atoms with Gasteiger partial charge >= 0.3 is 0 Å². The number of aryl methyl sites for hydroxylation is 3. The molecule has 1 aromatic carbocycles. The first kappa shape index (κ1) is 14.2. The Morgan fingerprint density at radius 2 is 2.21 bits per heavy atom. The van der Waals surface area contributed by atoms with Crippen LogP contribution in [0, 0.1) is 6.92 Å². The molecule has 4 nitrogen and oxygen atoms in total. The van der Waals surface area contributed by atoms with Gasteiger partial charge in [-0.1, -0.05) is 33.6 Å². The summed E-state index contributed by atoms with van der Waals surface area (Å²) in [5.41, 5.74) is 6.55. The second-order valence-electron chi connectivity index (χ2n) is 4.73. The van der Waals surface area contributed by atoms with Crippen LogP contribution in [0.15, 0.2) is 34.9 Å². The first-order valence-corrected chi connectivity index (χ1v) is 7.10. The summed E-state index contributed by atoms with van der Waals surface area (Å²) in [5, 5.41) is 4.18. The summed E-state index contributed by atoms with van der Waals surface area (Å²) in [6.07, 6.45) is 3.69. The van der Waals surface area contributed by atoms with Gasteiger partial charge in [-0.25, -0.2) is 0 Å². The molecule has 2 aromatic rings. The van der Waals surface area contributed by atoms with Crippen LogP contribution >= 0.6 is 15.9 Å². The maximum atomic E-state index is 5.71. The second-order valence-corrected chi connectivity index (χ2v) is 5.58. The van der Waals surface area contributed by atoms with Crippen LogP contribution in [0.3, 0.4) is 0 Å². The van der Waals surface area contributed by atoms with Crippen molar-refractivity contribution in [2.45, 2.75) is 25.8 Å². The van der Waals surface area contributed by atoms with E-state index in [4.69, 9.17) is 5.84 Å². The van der Waals surface area contributed by atoms with Crippen molar-refractivity contribution in [3.05, 3.63) is 51.8 Å². The second kappa shape index (κ2) is 6.32. The van der Waals surface area contributed by atoms with Gasteiger partial charge in [0.25, 0.3) is 0 Å². The average Bonchev–Trinajstić information content (AvgIpc) is 2.80. The lowest BCUT2D eigenvalue weighted by Crippen LogP contribution is -2.29. The summed E-state index contributed by atoms with van der Waals surface area (Å²) >= 11 is 3.59. The molecule has 102 valence electrons. The van der Waals surface area contributed by atoms with Crippen LogP contribution in [0.1, 0.15) is 29.3 Å². The lowest BCUT2D eigenvalue weighted by molar-refractivity contribution is 0.505. The summed E-state index contributed by atoms with van der Waals surface area (Å²) in [6.45, 7) is 2.09. The standard InChI is InChI=1S/C14H19BrN4/c1-10-3-5-13(15)12(9-10)14(18-16)6-4-11-7-8-17-19(11)2/h3,5,7-9,14,18H,4,6,16H2,1-2H3. The van der Waals surface area contributed by atoms with E-state index in [0.29, 0.717) is 0 Å². The van der Waals surface area contributed by atoms with E-state index < -0.39 is 0 Å². The molecule has 0 saturated heterocycles. The SMILES string of the molecule is Cc1ccc(Br)c(C(CCc2ccnn2C)NN)c1. The molecular weight excluding hydrogens is 304 g/mol. The van der Waals surface area contributed by atoms with Gasteiger partial charge in [-0.2, -0.15) is 5.10 Å². The lowest BCUT2D eigenvalue weighted by Gasteiger charge is -2.18. The number of hydrogen-bond acceptors (Lipinski definition) is 3. The quantitative estimate of drug-likeness (QED) is 0.657. The van der Waals surface area contributed by atoms with E-state index in [0.717, 1.165) is 17.3 Å². The third-order valence-corrected chi connectivity index (χ3v) is 4.06. The minimum absolute atomic E-state index is 0.129. The molecular formula is C14H19BrN4. The minimum atomic E-state index is 0.129. The predicted molar refractivity (Wildman–Crippen MR) is 80.5 cm³/mol. The fourth-order valence-corrected chi connectivity index (χ4v) is 2.72. The number of halogens is 1. The predicted octanol–water partition coefficient (Wildman–Crippen LogP) is 2.63. The molecule has 0 fully saturated rings. The smallest absolute Gasteiger partial charge is 0.0492 e. The molecule has 3 N–H and O–H groups in total. The number of rotatable bonds is 5. The van der Waals surface area contributed by atoms with Crippen LogP contribution < -0.4 is 11.3 Å². The highest BCUT2D eigenvalue weighted by Crippen LogP contribution is 2.27. The summed E-state index contributed by atoms with van der Waals surface area (Å²) < 4.78 is 2.99. The Kier molecular flexibility index (Phi) is 4.74. The van der Waals surface area contributed by atoms with Gasteiger partial charge in [-0.15, -0.1) is 0 Å². The number of hydrazine groups is 1. The summed E-state index contributed by atoms with van der Waals surface area (Å²) in [5.74, 6) is 5.71. The van der Waals surface area contributed by atoms with E-state index in [2.05, 4.69) is 51.6 Å². The van der Waals surface area contributed by atoms with Crippen molar-refractivity contribution in [3.63, 3.8) is 0 Å². The van der Waals surface area contributed by atoms with Crippen molar-refractivity contribution in [1.29, 1.82) is 0 Å². The number of benzene rings is 1. The van der Waals surface area contributed by atoms with Gasteiger partial charge in [-0.05, 0) is 37.5 Å². The highest BCUT2D eigenvalue weighted by Gasteiger charge is 2.14. The maximum absolute atomic E-state index is 5.71. The number of nitrogens with one attached hydrogen (secondary N) is 1. The molecule has 5 heteroatoms. The molecule has 0 aliphatic heterocycles. The Bertz CT molecular complexity index is 550. The zero-order valence-electron chi connectivity index (χ0n) is 11.2. The van der Waals surface area contributed by atoms with Gasteiger partial charge in [0, 0.05) is 29.5 Å². The molecule has 0 aliphatic rings. The van der Waals surface area contributed by atoms with Crippen molar-refractivity contribution in [2.75, 3.05) is 0 Å². The van der Waals surface area contributed by atoms with Crippen LogP contribution in [-0.4, -0.2) is 9.78 Å². The molecule has 0 radical (unpaired) electrons. The van der Waals surface area contributed by atoms with E-state index in [1.54, 1.807) is 0 Å². The van der Waals surface area contributed by atoms with E-state index >= 15 is 0 Å². The monoisotopic (exact) mass is 322 g/mol. The van der Waals surface area contributed by atoms with Crippen LogP contribution in [0.2, 0.25) is 0 Å². The van der Waals surface area contributed by atoms with Crippen LogP contribution in [-0.2, 0) is 13.5 Å². The van der Waals surface area contributed by atoms with Gasteiger partial charge in [0.2, 0.25) is 0 Å². The molecule has 0 bridgehead atoms. The van der Waals surface area contributed by atoms with E-state index in [9.17, 15) is 0 Å². The molecule has 1 aromatic heterocycles. The zero-order valence-corrected chi connectivity index (χ0v) is 12.8. The Hall–Kier alpha value is -1.17. The van der Waals surface area contributed by atoms with Crippen LogP contribution in [0.5, 0.6) is 0 Å². The van der Waals surface area contributed by atoms with Crippen molar-refractivity contribution in [3.8, 4) is 0 Å². The Labute approximate surface area is 122 Å². The van der Waals surface area contributed by atoms with E-state index in [1.807, 2.05) is 24.0 Å². The van der Waals surface area contributed by atoms with Gasteiger partial charge < -0.3 is 0 Å². The fourth-order valence-electron chi connectivity index (χ4n) is 2.20. The summed E-state index contributed by atoms with van der Waals surface area (Å²) in [4.78, 5) is 0. The zero-order chi connectivity index (χ0) is 13.8. The number of hydrogen-bond donors (Lipinski definition) is 2. The molecule has 1 atom stereocenters. The molecule has 1 heterocycles. The van der Waals surface area contributed by atoms with E-state index in [-0.39, 0.29) is 6.04 Å². The van der Waals surface area contributed by atoms with Crippen molar-refractivity contribution >= 4 is 15.9 Å². The Morgan fingerprint density at radius 3 is 2.84 bits per heavy atom. The van der Waals surface area contributed by atoms with Crippen LogP contribution in [0.4, 0.5) is 0 Å². The number of nitrogens with two attached hydrogens (primary N) is 1. The Morgan fingerprint density at radius 1 is 1.42 bits per heavy atom. The van der Waals surface area contributed by atoms with Gasteiger partial charge in [0.15, 0.2) is 0 Å². The first-order valence-electron chi connectivity index (χ1n) is 6.31. The maximum Gasteiger partial charge on any atom is 0.0492 e. The van der Waals surface area contributed by atoms with Crippen molar-refractivity contribution in [1.82, 2.24) is 15.2 Å². The molecule has 19 heavy (non-hydrogen) atoms.